The fourth-order valence-electron chi connectivity index (χ4n) is 1.87. The summed E-state index contributed by atoms with van der Waals surface area (Å²) in [4.78, 5) is 22.1. The van der Waals surface area contributed by atoms with E-state index in [1.807, 2.05) is 0 Å². The lowest BCUT2D eigenvalue weighted by atomic mass is 10.0. The molecule has 2 atom stereocenters. The molecule has 1 aromatic rings. The third-order valence-corrected chi connectivity index (χ3v) is 2.76. The van der Waals surface area contributed by atoms with Crippen molar-refractivity contribution < 1.29 is 23.8 Å². The van der Waals surface area contributed by atoms with E-state index in [1.54, 1.807) is 18.2 Å². The summed E-state index contributed by atoms with van der Waals surface area (Å²) in [5, 5.41) is 11.3. The number of rotatable bonds is 3. The minimum atomic E-state index is -1.19. The summed E-state index contributed by atoms with van der Waals surface area (Å²) in [7, 11) is 0. The van der Waals surface area contributed by atoms with Crippen LogP contribution >= 0.6 is 0 Å². The number of carbonyl (C=O) groups excluding carboxylic acids is 1. The zero-order valence-electron chi connectivity index (χ0n) is 9.43. The van der Waals surface area contributed by atoms with E-state index in [-0.39, 0.29) is 13.0 Å². The first-order valence-corrected chi connectivity index (χ1v) is 5.45. The largest absolute Gasteiger partial charge is 0.480 e. The maximum Gasteiger partial charge on any atom is 0.328 e. The van der Waals surface area contributed by atoms with Crippen molar-refractivity contribution in [3.63, 3.8) is 0 Å². The number of hydrogen-bond donors (Lipinski definition) is 2. The van der Waals surface area contributed by atoms with Gasteiger partial charge in [0.25, 0.3) is 0 Å². The molecule has 0 bridgehead atoms. The predicted molar refractivity (Wildman–Crippen MR) is 59.4 cm³/mol. The van der Waals surface area contributed by atoms with Gasteiger partial charge in [-0.1, -0.05) is 18.2 Å². The lowest BCUT2D eigenvalue weighted by molar-refractivity contribution is -0.154. The molecule has 1 aliphatic rings. The van der Waals surface area contributed by atoms with Gasteiger partial charge in [0.15, 0.2) is 6.04 Å². The minimum Gasteiger partial charge on any atom is -0.480 e. The van der Waals surface area contributed by atoms with Gasteiger partial charge in [0.2, 0.25) is 5.91 Å². The van der Waals surface area contributed by atoms with Gasteiger partial charge in [-0.25, -0.2) is 9.18 Å². The summed E-state index contributed by atoms with van der Waals surface area (Å²) < 4.78 is 18.6. The van der Waals surface area contributed by atoms with Gasteiger partial charge in [0, 0.05) is 6.42 Å². The maximum atomic E-state index is 13.5. The van der Waals surface area contributed by atoms with Crippen LogP contribution in [0.4, 0.5) is 4.39 Å². The first kappa shape index (κ1) is 12.5. The van der Waals surface area contributed by atoms with Crippen molar-refractivity contribution in [1.29, 1.82) is 0 Å². The van der Waals surface area contributed by atoms with Crippen molar-refractivity contribution in [2.24, 2.45) is 0 Å². The molecule has 0 spiro atoms. The van der Waals surface area contributed by atoms with Gasteiger partial charge >= 0.3 is 5.97 Å². The monoisotopic (exact) mass is 253 g/mol. The van der Waals surface area contributed by atoms with Crippen molar-refractivity contribution in [3.8, 4) is 0 Å². The molecule has 1 heterocycles. The van der Waals surface area contributed by atoms with E-state index in [0.717, 1.165) is 0 Å². The van der Waals surface area contributed by atoms with Crippen molar-refractivity contribution in [2.75, 3.05) is 6.61 Å². The number of benzene rings is 1. The van der Waals surface area contributed by atoms with Gasteiger partial charge in [0.05, 0.1) is 6.10 Å². The zero-order chi connectivity index (χ0) is 13.1. The molecule has 2 rings (SSSR count). The number of aliphatic carboxylic acids is 1. The van der Waals surface area contributed by atoms with E-state index < -0.39 is 29.8 Å². The quantitative estimate of drug-likeness (QED) is 0.814. The topological polar surface area (TPSA) is 75.6 Å². The van der Waals surface area contributed by atoms with Crippen LogP contribution in [-0.4, -0.2) is 35.7 Å². The number of amides is 1. The molecule has 1 amide bonds. The lowest BCUT2D eigenvalue weighted by Crippen LogP contribution is -2.56. The first-order chi connectivity index (χ1) is 8.58. The Kier molecular flexibility index (Phi) is 3.57. The molecular weight excluding hydrogens is 241 g/mol. The molecule has 18 heavy (non-hydrogen) atoms. The Morgan fingerprint density at radius 1 is 1.50 bits per heavy atom. The van der Waals surface area contributed by atoms with E-state index in [0.29, 0.717) is 5.56 Å². The van der Waals surface area contributed by atoms with Crippen molar-refractivity contribution in [1.82, 2.24) is 5.32 Å². The van der Waals surface area contributed by atoms with Gasteiger partial charge in [-0.15, -0.1) is 0 Å². The van der Waals surface area contributed by atoms with Gasteiger partial charge in [-0.3, -0.25) is 4.79 Å². The van der Waals surface area contributed by atoms with Crippen molar-refractivity contribution in [3.05, 3.63) is 35.6 Å². The molecule has 1 saturated heterocycles. The number of nitrogens with one attached hydrogen (secondary N) is 1. The summed E-state index contributed by atoms with van der Waals surface area (Å²) in [6, 6.07) is 4.93. The fourth-order valence-corrected chi connectivity index (χ4v) is 1.87. The lowest BCUT2D eigenvalue weighted by Gasteiger charge is -2.29. The summed E-state index contributed by atoms with van der Waals surface area (Å²) in [6.45, 7) is -0.205. The average molecular weight is 253 g/mol. The van der Waals surface area contributed by atoms with E-state index in [1.165, 1.54) is 6.07 Å². The molecule has 2 N–H and O–H groups in total. The number of carboxylic acid groups (broad SMARTS) is 1. The van der Waals surface area contributed by atoms with Crippen LogP contribution in [-0.2, 0) is 20.7 Å². The van der Waals surface area contributed by atoms with Crippen LogP contribution in [0.2, 0.25) is 0 Å². The molecule has 2 unspecified atom stereocenters. The molecule has 0 aliphatic carbocycles. The van der Waals surface area contributed by atoms with Crippen LogP contribution in [0.5, 0.6) is 0 Å². The van der Waals surface area contributed by atoms with Crippen LogP contribution in [0.15, 0.2) is 24.3 Å². The Morgan fingerprint density at radius 3 is 2.89 bits per heavy atom. The van der Waals surface area contributed by atoms with Gasteiger partial charge < -0.3 is 15.2 Å². The molecule has 0 saturated carbocycles. The second-order valence-electron chi connectivity index (χ2n) is 4.03. The van der Waals surface area contributed by atoms with E-state index >= 15 is 0 Å². The van der Waals surface area contributed by atoms with Crippen LogP contribution in [0.25, 0.3) is 0 Å². The fraction of sp³-hybridized carbons (Fsp3) is 0.333. The second-order valence-corrected chi connectivity index (χ2v) is 4.03. The van der Waals surface area contributed by atoms with Crippen molar-refractivity contribution >= 4 is 11.9 Å². The van der Waals surface area contributed by atoms with Crippen LogP contribution < -0.4 is 5.32 Å². The number of hydrogen-bond acceptors (Lipinski definition) is 3. The number of carboxylic acids is 1. The Hall–Kier alpha value is -1.95. The van der Waals surface area contributed by atoms with Crippen molar-refractivity contribution in [2.45, 2.75) is 18.6 Å². The van der Waals surface area contributed by atoms with Gasteiger partial charge in [-0.2, -0.15) is 0 Å². The number of halogens is 1. The molecule has 96 valence electrons. The molecule has 1 aromatic carbocycles. The average Bonchev–Trinajstić information content (AvgIpc) is 2.34. The highest BCUT2D eigenvalue weighted by Crippen LogP contribution is 2.15. The summed E-state index contributed by atoms with van der Waals surface area (Å²) >= 11 is 0. The predicted octanol–water partition coefficient (Wildman–Crippen LogP) is 0.336. The molecular formula is C12H12FNO4. The minimum absolute atomic E-state index is 0.101. The highest BCUT2D eigenvalue weighted by molar-refractivity contribution is 5.85. The molecule has 1 aliphatic heterocycles. The SMILES string of the molecule is O=C1COC(Cc2ccccc2F)C(C(=O)O)N1. The van der Waals surface area contributed by atoms with Gasteiger partial charge in [0.1, 0.15) is 12.4 Å². The number of ether oxygens (including phenoxy) is 1. The standard InChI is InChI=1S/C12H12FNO4/c13-8-4-2-1-3-7(8)5-9-11(12(16)17)14-10(15)6-18-9/h1-4,9,11H,5-6H2,(H,14,15)(H,16,17). The van der Waals surface area contributed by atoms with Crippen LogP contribution in [0.1, 0.15) is 5.56 Å². The Balaban J connectivity index is 2.14. The van der Waals surface area contributed by atoms with Gasteiger partial charge in [-0.05, 0) is 11.6 Å². The highest BCUT2D eigenvalue weighted by Gasteiger charge is 2.35. The third kappa shape index (κ3) is 2.65. The highest BCUT2D eigenvalue weighted by atomic mass is 19.1. The molecule has 5 nitrogen and oxygen atoms in total. The zero-order valence-corrected chi connectivity index (χ0v) is 9.43. The molecule has 1 fully saturated rings. The Bertz CT molecular complexity index is 477. The Labute approximate surface area is 103 Å². The second kappa shape index (κ2) is 5.14. The normalized spacial score (nSPS) is 23.5. The van der Waals surface area contributed by atoms with E-state index in [2.05, 4.69) is 5.32 Å². The molecule has 6 heteroatoms. The van der Waals surface area contributed by atoms with E-state index in [4.69, 9.17) is 9.84 Å². The first-order valence-electron chi connectivity index (χ1n) is 5.45. The maximum absolute atomic E-state index is 13.5. The summed E-state index contributed by atoms with van der Waals surface area (Å²) in [5.74, 6) is -2.08. The van der Waals surface area contributed by atoms with Crippen LogP contribution in [0.3, 0.4) is 0 Å². The van der Waals surface area contributed by atoms with E-state index in [9.17, 15) is 14.0 Å². The third-order valence-electron chi connectivity index (χ3n) is 2.76. The summed E-state index contributed by atoms with van der Waals surface area (Å²) in [6.07, 6.45) is -0.665. The Morgan fingerprint density at radius 2 is 2.22 bits per heavy atom. The number of carbonyl (C=O) groups is 2. The smallest absolute Gasteiger partial charge is 0.328 e. The van der Waals surface area contributed by atoms with Crippen LogP contribution in [0, 0.1) is 5.82 Å². The number of morpholine rings is 1. The molecule has 0 radical (unpaired) electrons. The summed E-state index contributed by atoms with van der Waals surface area (Å²) in [5.41, 5.74) is 0.366. The molecule has 0 aromatic heterocycles.